The number of thiazole rings is 1. The molecule has 2 fully saturated rings. The summed E-state index contributed by atoms with van der Waals surface area (Å²) < 4.78 is 0. The van der Waals surface area contributed by atoms with Gasteiger partial charge in [0, 0.05) is 11.6 Å². The normalized spacial score (nSPS) is 27.5. The molecule has 2 unspecified atom stereocenters. The topological polar surface area (TPSA) is 62.3 Å². The molecule has 2 amide bonds. The van der Waals surface area contributed by atoms with Gasteiger partial charge in [-0.25, -0.2) is 4.98 Å². The maximum Gasteiger partial charge on any atom is 0.246 e. The average molecular weight is 279 g/mol. The zero-order chi connectivity index (χ0) is 13.4. The molecule has 0 aromatic carbocycles. The quantitative estimate of drug-likeness (QED) is 0.899. The molecule has 0 bridgehead atoms. The average Bonchev–Trinajstić information content (AvgIpc) is 3.11. The lowest BCUT2D eigenvalue weighted by Crippen LogP contribution is -2.63. The van der Waals surface area contributed by atoms with Crippen LogP contribution in [0.1, 0.15) is 31.2 Å². The summed E-state index contributed by atoms with van der Waals surface area (Å²) in [6.45, 7) is 2.38. The standard InChI is InChI=1S/C13H17N3O2S/c1-2-9-12(17)15-11(8-3-4-8)13(18)16(9)7-10-14-5-6-19-10/h5-6,8-9,11H,2-4,7H2,1H3,(H,15,17). The molecular formula is C13H17N3O2S. The van der Waals surface area contributed by atoms with E-state index in [-0.39, 0.29) is 23.9 Å². The van der Waals surface area contributed by atoms with Crippen LogP contribution in [0.3, 0.4) is 0 Å². The van der Waals surface area contributed by atoms with Crippen LogP contribution in [0.2, 0.25) is 0 Å². The van der Waals surface area contributed by atoms with Crippen LogP contribution >= 0.6 is 11.3 Å². The monoisotopic (exact) mass is 279 g/mol. The fourth-order valence-electron chi connectivity index (χ4n) is 2.60. The third-order valence-corrected chi connectivity index (χ3v) is 4.56. The predicted octanol–water partition coefficient (Wildman–Crippen LogP) is 1.16. The first-order valence-corrected chi connectivity index (χ1v) is 7.58. The van der Waals surface area contributed by atoms with Crippen LogP contribution < -0.4 is 5.32 Å². The first-order chi connectivity index (χ1) is 9.20. The van der Waals surface area contributed by atoms with E-state index in [1.807, 2.05) is 12.3 Å². The fraction of sp³-hybridized carbons (Fsp3) is 0.615. The molecule has 1 aliphatic heterocycles. The molecule has 1 aromatic heterocycles. The van der Waals surface area contributed by atoms with Gasteiger partial charge in [-0.05, 0) is 25.2 Å². The summed E-state index contributed by atoms with van der Waals surface area (Å²) in [5.74, 6) is 0.382. The summed E-state index contributed by atoms with van der Waals surface area (Å²) in [7, 11) is 0. The Morgan fingerprint density at radius 2 is 2.26 bits per heavy atom. The lowest BCUT2D eigenvalue weighted by atomic mass is 10.0. The first-order valence-electron chi connectivity index (χ1n) is 6.70. The Bertz CT molecular complexity index is 484. The molecule has 102 valence electrons. The van der Waals surface area contributed by atoms with Crippen LogP contribution in [-0.4, -0.2) is 33.8 Å². The number of aromatic nitrogens is 1. The third kappa shape index (κ3) is 2.36. The number of nitrogens with zero attached hydrogens (tertiary/aromatic N) is 2. The molecule has 0 radical (unpaired) electrons. The van der Waals surface area contributed by atoms with Crippen molar-refractivity contribution < 1.29 is 9.59 Å². The van der Waals surface area contributed by atoms with Gasteiger partial charge in [0.05, 0.1) is 6.54 Å². The number of carbonyl (C=O) groups is 2. The summed E-state index contributed by atoms with van der Waals surface area (Å²) in [5.41, 5.74) is 0. The Hall–Kier alpha value is -1.43. The highest BCUT2D eigenvalue weighted by Crippen LogP contribution is 2.35. The zero-order valence-electron chi connectivity index (χ0n) is 10.8. The lowest BCUT2D eigenvalue weighted by molar-refractivity contribution is -0.150. The van der Waals surface area contributed by atoms with E-state index in [0.29, 0.717) is 18.9 Å². The largest absolute Gasteiger partial charge is 0.342 e. The molecule has 19 heavy (non-hydrogen) atoms. The van der Waals surface area contributed by atoms with Crippen molar-refractivity contribution in [1.82, 2.24) is 15.2 Å². The van der Waals surface area contributed by atoms with Gasteiger partial charge < -0.3 is 10.2 Å². The van der Waals surface area contributed by atoms with Crippen molar-refractivity contribution in [2.24, 2.45) is 5.92 Å². The number of amides is 2. The molecule has 1 aliphatic carbocycles. The summed E-state index contributed by atoms with van der Waals surface area (Å²) in [4.78, 5) is 30.6. The number of carbonyl (C=O) groups excluding carboxylic acids is 2. The van der Waals surface area contributed by atoms with Gasteiger partial charge >= 0.3 is 0 Å². The van der Waals surface area contributed by atoms with Crippen LogP contribution in [-0.2, 0) is 16.1 Å². The molecule has 2 atom stereocenters. The second-order valence-corrected chi connectivity index (χ2v) is 6.12. The van der Waals surface area contributed by atoms with E-state index < -0.39 is 0 Å². The van der Waals surface area contributed by atoms with Crippen molar-refractivity contribution in [2.75, 3.05) is 0 Å². The van der Waals surface area contributed by atoms with Gasteiger partial charge in [-0.2, -0.15) is 0 Å². The summed E-state index contributed by atoms with van der Waals surface area (Å²) >= 11 is 1.52. The van der Waals surface area contributed by atoms with Crippen molar-refractivity contribution in [3.8, 4) is 0 Å². The molecule has 1 N–H and O–H groups in total. The van der Waals surface area contributed by atoms with Crippen molar-refractivity contribution >= 4 is 23.2 Å². The van der Waals surface area contributed by atoms with E-state index in [4.69, 9.17) is 0 Å². The van der Waals surface area contributed by atoms with Crippen LogP contribution in [0.4, 0.5) is 0 Å². The van der Waals surface area contributed by atoms with Crippen molar-refractivity contribution in [1.29, 1.82) is 0 Å². The van der Waals surface area contributed by atoms with Gasteiger partial charge in [-0.1, -0.05) is 6.92 Å². The molecule has 3 rings (SSSR count). The van der Waals surface area contributed by atoms with Crippen LogP contribution in [0, 0.1) is 5.92 Å². The summed E-state index contributed by atoms with van der Waals surface area (Å²) in [5, 5.41) is 5.67. The molecule has 5 nitrogen and oxygen atoms in total. The van der Waals surface area contributed by atoms with Crippen LogP contribution in [0.25, 0.3) is 0 Å². The highest BCUT2D eigenvalue weighted by atomic mass is 32.1. The van der Waals surface area contributed by atoms with E-state index in [1.54, 1.807) is 11.1 Å². The highest BCUT2D eigenvalue weighted by Gasteiger charge is 2.46. The van der Waals surface area contributed by atoms with Gasteiger partial charge in [0.25, 0.3) is 0 Å². The first kappa shape index (κ1) is 12.6. The number of nitrogens with one attached hydrogen (secondary N) is 1. The lowest BCUT2D eigenvalue weighted by Gasteiger charge is -2.38. The van der Waals surface area contributed by atoms with E-state index in [0.717, 1.165) is 17.8 Å². The molecule has 0 spiro atoms. The molecule has 2 aliphatic rings. The van der Waals surface area contributed by atoms with Gasteiger partial charge in [-0.15, -0.1) is 11.3 Å². The Morgan fingerprint density at radius 1 is 1.47 bits per heavy atom. The fourth-order valence-corrected chi connectivity index (χ4v) is 3.22. The SMILES string of the molecule is CCC1C(=O)NC(C2CC2)C(=O)N1Cc1nccs1. The molecule has 2 heterocycles. The Morgan fingerprint density at radius 3 is 2.84 bits per heavy atom. The Labute approximate surface area is 116 Å². The van der Waals surface area contributed by atoms with E-state index in [9.17, 15) is 9.59 Å². The van der Waals surface area contributed by atoms with Gasteiger partial charge in [0.1, 0.15) is 17.1 Å². The highest BCUT2D eigenvalue weighted by molar-refractivity contribution is 7.09. The van der Waals surface area contributed by atoms with Gasteiger partial charge in [0.15, 0.2) is 0 Å². The summed E-state index contributed by atoms with van der Waals surface area (Å²) in [6.07, 6.45) is 4.45. The molecule has 1 saturated carbocycles. The number of rotatable bonds is 4. The minimum atomic E-state index is -0.355. The maximum atomic E-state index is 12.5. The van der Waals surface area contributed by atoms with Crippen molar-refractivity contribution in [2.45, 2.75) is 44.8 Å². The second-order valence-electron chi connectivity index (χ2n) is 5.14. The molecule has 1 saturated heterocycles. The minimum Gasteiger partial charge on any atom is -0.342 e. The summed E-state index contributed by atoms with van der Waals surface area (Å²) in [6, 6.07) is -0.665. The number of piperazine rings is 1. The Kier molecular flexibility index (Phi) is 3.26. The number of hydrogen-bond donors (Lipinski definition) is 1. The predicted molar refractivity (Wildman–Crippen MR) is 71.4 cm³/mol. The van der Waals surface area contributed by atoms with E-state index >= 15 is 0 Å². The second kappa shape index (κ2) is 4.92. The van der Waals surface area contributed by atoms with E-state index in [2.05, 4.69) is 10.3 Å². The number of hydrogen-bond acceptors (Lipinski definition) is 4. The van der Waals surface area contributed by atoms with Crippen LogP contribution in [0.15, 0.2) is 11.6 Å². The van der Waals surface area contributed by atoms with Gasteiger partial charge in [-0.3, -0.25) is 9.59 Å². The molecular weight excluding hydrogens is 262 g/mol. The van der Waals surface area contributed by atoms with Crippen LogP contribution in [0.5, 0.6) is 0 Å². The van der Waals surface area contributed by atoms with Crippen molar-refractivity contribution in [3.05, 3.63) is 16.6 Å². The van der Waals surface area contributed by atoms with E-state index in [1.165, 1.54) is 11.3 Å². The minimum absolute atomic E-state index is 0.0180. The smallest absolute Gasteiger partial charge is 0.246 e. The Balaban J connectivity index is 1.82. The third-order valence-electron chi connectivity index (χ3n) is 3.79. The van der Waals surface area contributed by atoms with Gasteiger partial charge in [0.2, 0.25) is 11.8 Å². The molecule has 6 heteroatoms. The van der Waals surface area contributed by atoms with Crippen molar-refractivity contribution in [3.63, 3.8) is 0 Å². The maximum absolute atomic E-state index is 12.5. The molecule has 1 aromatic rings. The zero-order valence-corrected chi connectivity index (χ0v) is 11.7.